The smallest absolute Gasteiger partial charge is 0.0361 e. The molecular weight excluding hydrogens is 257 g/mol. The van der Waals surface area contributed by atoms with Crippen LogP contribution in [0.3, 0.4) is 0 Å². The predicted molar refractivity (Wildman–Crippen MR) is 76.2 cm³/mol. The van der Waals surface area contributed by atoms with E-state index in [1.54, 1.807) is 0 Å². The maximum absolute atomic E-state index is 4.21. The molecule has 0 unspecified atom stereocenters. The second kappa shape index (κ2) is 8.70. The number of halogens is 2. The van der Waals surface area contributed by atoms with Crippen molar-refractivity contribution in [1.29, 1.82) is 0 Å². The summed E-state index contributed by atoms with van der Waals surface area (Å²) in [5, 5.41) is 3.39. The molecule has 0 aromatic carbocycles. The monoisotopic (exact) mass is 277 g/mol. The lowest BCUT2D eigenvalue weighted by Gasteiger charge is -2.34. The Balaban J connectivity index is 0.00000128. The standard InChI is InChI=1S/C12H19N3.2ClH/c1-2-12(11-4-3-5-14-10-11)15-8-6-13-7-9-15;;/h3-5,10,12-13H,2,6-9H2,1H3;2*1H/t12-;;/m1../s1. The molecule has 5 heteroatoms. The first kappa shape index (κ1) is 16.6. The summed E-state index contributed by atoms with van der Waals surface area (Å²) < 4.78 is 0. The molecule has 3 nitrogen and oxygen atoms in total. The van der Waals surface area contributed by atoms with Gasteiger partial charge < -0.3 is 5.32 Å². The van der Waals surface area contributed by atoms with Crippen LogP contribution in [0.25, 0.3) is 0 Å². The molecule has 98 valence electrons. The molecule has 0 bridgehead atoms. The maximum atomic E-state index is 4.21. The van der Waals surface area contributed by atoms with Crippen LogP contribution in [0.15, 0.2) is 24.5 Å². The van der Waals surface area contributed by atoms with Crippen molar-refractivity contribution in [3.63, 3.8) is 0 Å². The highest BCUT2D eigenvalue weighted by Gasteiger charge is 2.20. The van der Waals surface area contributed by atoms with Gasteiger partial charge >= 0.3 is 0 Å². The summed E-state index contributed by atoms with van der Waals surface area (Å²) in [6.07, 6.45) is 5.00. The first-order valence-corrected chi connectivity index (χ1v) is 5.76. The number of aromatic nitrogens is 1. The fourth-order valence-corrected chi connectivity index (χ4v) is 2.27. The highest BCUT2D eigenvalue weighted by atomic mass is 35.5. The minimum Gasteiger partial charge on any atom is -0.314 e. The topological polar surface area (TPSA) is 28.2 Å². The van der Waals surface area contributed by atoms with Gasteiger partial charge in [0.1, 0.15) is 0 Å². The van der Waals surface area contributed by atoms with Gasteiger partial charge in [0.2, 0.25) is 0 Å². The molecule has 1 saturated heterocycles. The average molecular weight is 278 g/mol. The molecule has 17 heavy (non-hydrogen) atoms. The SMILES string of the molecule is CC[C@H](c1cccnc1)N1CCNCC1.Cl.Cl. The molecule has 1 aromatic heterocycles. The summed E-state index contributed by atoms with van der Waals surface area (Å²) in [6.45, 7) is 6.76. The molecule has 0 amide bonds. The van der Waals surface area contributed by atoms with Crippen molar-refractivity contribution in [1.82, 2.24) is 15.2 Å². The van der Waals surface area contributed by atoms with E-state index in [-0.39, 0.29) is 24.8 Å². The van der Waals surface area contributed by atoms with Gasteiger partial charge in [-0.3, -0.25) is 9.88 Å². The number of hydrogen-bond donors (Lipinski definition) is 1. The molecule has 1 atom stereocenters. The minimum atomic E-state index is 0. The largest absolute Gasteiger partial charge is 0.314 e. The molecule has 1 N–H and O–H groups in total. The zero-order valence-electron chi connectivity index (χ0n) is 10.1. The van der Waals surface area contributed by atoms with Crippen LogP contribution in [0.5, 0.6) is 0 Å². The molecule has 1 aliphatic heterocycles. The summed E-state index contributed by atoms with van der Waals surface area (Å²) in [5.41, 5.74) is 1.35. The Morgan fingerprint density at radius 2 is 2.06 bits per heavy atom. The number of nitrogens with zero attached hydrogens (tertiary/aromatic N) is 2. The van der Waals surface area contributed by atoms with E-state index in [1.807, 2.05) is 18.5 Å². The van der Waals surface area contributed by atoms with E-state index in [0.717, 1.165) is 32.6 Å². The van der Waals surface area contributed by atoms with E-state index in [1.165, 1.54) is 5.56 Å². The number of hydrogen-bond acceptors (Lipinski definition) is 3. The molecule has 1 aliphatic rings. The van der Waals surface area contributed by atoms with Crippen molar-refractivity contribution in [2.75, 3.05) is 26.2 Å². The second-order valence-electron chi connectivity index (χ2n) is 4.00. The fourth-order valence-electron chi connectivity index (χ4n) is 2.27. The Morgan fingerprint density at radius 1 is 1.35 bits per heavy atom. The molecule has 0 aliphatic carbocycles. The fraction of sp³-hybridized carbons (Fsp3) is 0.583. The molecule has 2 heterocycles. The van der Waals surface area contributed by atoms with Crippen LogP contribution < -0.4 is 5.32 Å². The highest BCUT2D eigenvalue weighted by molar-refractivity contribution is 5.85. The first-order valence-electron chi connectivity index (χ1n) is 5.76. The van der Waals surface area contributed by atoms with Crippen molar-refractivity contribution in [2.45, 2.75) is 19.4 Å². The van der Waals surface area contributed by atoms with Gasteiger partial charge in [0.25, 0.3) is 0 Å². The minimum absolute atomic E-state index is 0. The van der Waals surface area contributed by atoms with Crippen LogP contribution in [0.2, 0.25) is 0 Å². The van der Waals surface area contributed by atoms with Gasteiger partial charge in [-0.05, 0) is 18.1 Å². The van der Waals surface area contributed by atoms with Gasteiger partial charge in [0.05, 0.1) is 0 Å². The number of rotatable bonds is 3. The highest BCUT2D eigenvalue weighted by Crippen LogP contribution is 2.23. The van der Waals surface area contributed by atoms with E-state index in [2.05, 4.69) is 28.2 Å². The molecule has 1 aromatic rings. The lowest BCUT2D eigenvalue weighted by Crippen LogP contribution is -2.45. The van der Waals surface area contributed by atoms with Crippen molar-refractivity contribution in [2.24, 2.45) is 0 Å². The van der Waals surface area contributed by atoms with Gasteiger partial charge in [-0.2, -0.15) is 0 Å². The van der Waals surface area contributed by atoms with Crippen LogP contribution in [0.1, 0.15) is 24.9 Å². The molecule has 0 spiro atoms. The van der Waals surface area contributed by atoms with Crippen LogP contribution in [0, 0.1) is 0 Å². The quantitative estimate of drug-likeness (QED) is 0.919. The summed E-state index contributed by atoms with van der Waals surface area (Å²) in [5.74, 6) is 0. The van der Waals surface area contributed by atoms with E-state index in [0.29, 0.717) is 6.04 Å². The number of piperazine rings is 1. The van der Waals surface area contributed by atoms with Gasteiger partial charge in [-0.1, -0.05) is 13.0 Å². The molecule has 1 fully saturated rings. The van der Waals surface area contributed by atoms with Crippen LogP contribution in [-0.4, -0.2) is 36.1 Å². The first-order chi connectivity index (χ1) is 7.42. The zero-order valence-corrected chi connectivity index (χ0v) is 11.8. The Hall–Kier alpha value is -0.350. The van der Waals surface area contributed by atoms with Crippen LogP contribution >= 0.6 is 24.8 Å². The molecule has 2 rings (SSSR count). The van der Waals surface area contributed by atoms with E-state index in [4.69, 9.17) is 0 Å². The Morgan fingerprint density at radius 3 is 2.59 bits per heavy atom. The molecule has 0 radical (unpaired) electrons. The van der Waals surface area contributed by atoms with Crippen molar-refractivity contribution in [3.8, 4) is 0 Å². The summed E-state index contributed by atoms with van der Waals surface area (Å²) in [6, 6.07) is 4.75. The summed E-state index contributed by atoms with van der Waals surface area (Å²) in [7, 11) is 0. The van der Waals surface area contributed by atoms with Crippen molar-refractivity contribution in [3.05, 3.63) is 30.1 Å². The third kappa shape index (κ3) is 4.43. The van der Waals surface area contributed by atoms with Gasteiger partial charge in [0, 0.05) is 44.6 Å². The third-order valence-electron chi connectivity index (χ3n) is 3.05. The van der Waals surface area contributed by atoms with Gasteiger partial charge in [-0.15, -0.1) is 24.8 Å². The average Bonchev–Trinajstić information content (AvgIpc) is 2.33. The van der Waals surface area contributed by atoms with Crippen LogP contribution in [0.4, 0.5) is 0 Å². The summed E-state index contributed by atoms with van der Waals surface area (Å²) >= 11 is 0. The zero-order chi connectivity index (χ0) is 10.5. The second-order valence-corrected chi connectivity index (χ2v) is 4.00. The van der Waals surface area contributed by atoms with Crippen molar-refractivity contribution >= 4 is 24.8 Å². The third-order valence-corrected chi connectivity index (χ3v) is 3.05. The summed E-state index contributed by atoms with van der Waals surface area (Å²) in [4.78, 5) is 6.76. The normalized spacial score (nSPS) is 17.7. The van der Waals surface area contributed by atoms with E-state index in [9.17, 15) is 0 Å². The molecule has 0 saturated carbocycles. The predicted octanol–water partition coefficient (Wildman–Crippen LogP) is 2.28. The number of nitrogens with one attached hydrogen (secondary N) is 1. The van der Waals surface area contributed by atoms with E-state index < -0.39 is 0 Å². The van der Waals surface area contributed by atoms with Gasteiger partial charge in [-0.25, -0.2) is 0 Å². The lowest BCUT2D eigenvalue weighted by atomic mass is 10.0. The van der Waals surface area contributed by atoms with E-state index >= 15 is 0 Å². The number of pyridine rings is 1. The Kier molecular flexibility index (Phi) is 8.52. The van der Waals surface area contributed by atoms with Crippen LogP contribution in [-0.2, 0) is 0 Å². The Bertz CT molecular complexity index is 289. The maximum Gasteiger partial charge on any atom is 0.0361 e. The van der Waals surface area contributed by atoms with Crippen molar-refractivity contribution < 1.29 is 0 Å². The molecular formula is C12H21Cl2N3. The Labute approximate surface area is 116 Å². The lowest BCUT2D eigenvalue weighted by molar-refractivity contribution is 0.169. The van der Waals surface area contributed by atoms with Gasteiger partial charge in [0.15, 0.2) is 0 Å².